The highest BCUT2D eigenvalue weighted by Gasteiger charge is 2.42. The van der Waals surface area contributed by atoms with Crippen LogP contribution in [0.1, 0.15) is 29.0 Å². The minimum Gasteiger partial charge on any atom is -0.334 e. The van der Waals surface area contributed by atoms with E-state index in [1.54, 1.807) is 17.3 Å². The van der Waals surface area contributed by atoms with Crippen molar-refractivity contribution in [3.8, 4) is 0 Å². The van der Waals surface area contributed by atoms with Crippen LogP contribution in [-0.4, -0.2) is 55.1 Å². The van der Waals surface area contributed by atoms with Gasteiger partial charge in [0.05, 0.1) is 18.2 Å². The number of imidazole rings is 1. The SMILES string of the molecule is O=C(c1cn2ccccc2n1)N1CC2CCC(C1)N(Cc1ccccn1)C2=O. The summed E-state index contributed by atoms with van der Waals surface area (Å²) in [7, 11) is 0. The predicted molar refractivity (Wildman–Crippen MR) is 102 cm³/mol. The fourth-order valence-electron chi connectivity index (χ4n) is 4.28. The molecule has 3 saturated heterocycles. The van der Waals surface area contributed by atoms with Crippen molar-refractivity contribution in [2.45, 2.75) is 25.4 Å². The van der Waals surface area contributed by atoms with Crippen LogP contribution in [0.4, 0.5) is 0 Å². The number of fused-ring (bicyclic) bond motifs is 5. The number of carbonyl (C=O) groups excluding carboxylic acids is 2. The molecule has 0 N–H and O–H groups in total. The van der Waals surface area contributed by atoms with E-state index < -0.39 is 0 Å². The number of amides is 2. The summed E-state index contributed by atoms with van der Waals surface area (Å²) in [4.78, 5) is 38.7. The number of hydrogen-bond donors (Lipinski definition) is 0. The normalized spacial score (nSPS) is 21.9. The molecule has 3 fully saturated rings. The molecule has 2 bridgehead atoms. The maximum absolute atomic E-state index is 13.1. The number of aromatic nitrogens is 3. The van der Waals surface area contributed by atoms with Gasteiger partial charge in [0, 0.05) is 37.7 Å². The number of pyridine rings is 2. The van der Waals surface area contributed by atoms with Crippen LogP contribution in [0.2, 0.25) is 0 Å². The molecule has 0 aromatic carbocycles. The zero-order chi connectivity index (χ0) is 19.1. The summed E-state index contributed by atoms with van der Waals surface area (Å²) < 4.78 is 1.85. The molecule has 3 aromatic heterocycles. The fourth-order valence-corrected chi connectivity index (χ4v) is 4.28. The number of rotatable bonds is 3. The topological polar surface area (TPSA) is 70.8 Å². The van der Waals surface area contributed by atoms with E-state index in [2.05, 4.69) is 9.97 Å². The van der Waals surface area contributed by atoms with E-state index >= 15 is 0 Å². The predicted octanol–water partition coefficient (Wildman–Crippen LogP) is 1.99. The molecule has 0 radical (unpaired) electrons. The Morgan fingerprint density at radius 2 is 2.00 bits per heavy atom. The lowest BCUT2D eigenvalue weighted by molar-refractivity contribution is -0.140. The highest BCUT2D eigenvalue weighted by molar-refractivity contribution is 5.94. The third-order valence-electron chi connectivity index (χ3n) is 5.72. The summed E-state index contributed by atoms with van der Waals surface area (Å²) in [5.41, 5.74) is 2.05. The number of piperidine rings is 1. The van der Waals surface area contributed by atoms with E-state index in [0.717, 1.165) is 24.2 Å². The van der Waals surface area contributed by atoms with Crippen molar-refractivity contribution in [3.63, 3.8) is 0 Å². The standard InChI is InChI=1S/C21H21N5O2/c27-20-15-7-8-17(26(20)12-16-5-1-3-9-22-16)13-25(11-15)21(28)18-14-24-10-4-2-6-19(24)23-18/h1-6,9-10,14-15,17H,7-8,11-13H2. The van der Waals surface area contributed by atoms with E-state index in [-0.39, 0.29) is 23.8 Å². The largest absolute Gasteiger partial charge is 0.334 e. The van der Waals surface area contributed by atoms with Crippen molar-refractivity contribution in [1.29, 1.82) is 0 Å². The highest BCUT2D eigenvalue weighted by Crippen LogP contribution is 2.30. The number of carbonyl (C=O) groups is 2. The summed E-state index contributed by atoms with van der Waals surface area (Å²) in [6.07, 6.45) is 7.13. The third-order valence-corrected chi connectivity index (χ3v) is 5.72. The van der Waals surface area contributed by atoms with Gasteiger partial charge in [-0.1, -0.05) is 12.1 Å². The molecule has 0 aliphatic carbocycles. The molecule has 6 heterocycles. The molecular formula is C21H21N5O2. The van der Waals surface area contributed by atoms with Crippen LogP contribution in [0.25, 0.3) is 5.65 Å². The minimum atomic E-state index is -0.150. The molecule has 2 unspecified atom stereocenters. The van der Waals surface area contributed by atoms with E-state index in [9.17, 15) is 9.59 Å². The molecule has 6 rings (SSSR count). The zero-order valence-electron chi connectivity index (χ0n) is 15.4. The summed E-state index contributed by atoms with van der Waals surface area (Å²) in [6.45, 7) is 1.50. The maximum atomic E-state index is 13.1. The molecule has 7 heteroatoms. The van der Waals surface area contributed by atoms with Crippen LogP contribution < -0.4 is 0 Å². The average molecular weight is 375 g/mol. The average Bonchev–Trinajstić information content (AvgIpc) is 2.98. The summed E-state index contributed by atoms with van der Waals surface area (Å²) in [5, 5.41) is 0. The number of hydrogen-bond acceptors (Lipinski definition) is 4. The Hall–Kier alpha value is -3.22. The van der Waals surface area contributed by atoms with Gasteiger partial charge in [0.25, 0.3) is 5.91 Å². The molecule has 0 saturated carbocycles. The maximum Gasteiger partial charge on any atom is 0.274 e. The molecule has 7 nitrogen and oxygen atoms in total. The molecule has 3 aromatic rings. The molecule has 3 aliphatic heterocycles. The second-order valence-corrected chi connectivity index (χ2v) is 7.52. The first-order valence-corrected chi connectivity index (χ1v) is 9.62. The van der Waals surface area contributed by atoms with Gasteiger partial charge in [-0.25, -0.2) is 4.98 Å². The molecule has 142 valence electrons. The Kier molecular flexibility index (Phi) is 4.07. The van der Waals surface area contributed by atoms with Crippen molar-refractivity contribution < 1.29 is 9.59 Å². The molecular weight excluding hydrogens is 354 g/mol. The van der Waals surface area contributed by atoms with E-state index in [0.29, 0.717) is 25.3 Å². The fraction of sp³-hybridized carbons (Fsp3) is 0.333. The zero-order valence-corrected chi connectivity index (χ0v) is 15.4. The monoisotopic (exact) mass is 375 g/mol. The second kappa shape index (κ2) is 6.74. The van der Waals surface area contributed by atoms with Gasteiger partial charge < -0.3 is 14.2 Å². The molecule has 28 heavy (non-hydrogen) atoms. The Labute approximate surface area is 162 Å². The third kappa shape index (κ3) is 2.93. The van der Waals surface area contributed by atoms with Crippen LogP contribution in [0.15, 0.2) is 55.0 Å². The second-order valence-electron chi connectivity index (χ2n) is 7.52. The Morgan fingerprint density at radius 1 is 1.11 bits per heavy atom. The lowest BCUT2D eigenvalue weighted by Gasteiger charge is -2.35. The Balaban J connectivity index is 1.39. The molecule has 3 aliphatic rings. The van der Waals surface area contributed by atoms with Crippen LogP contribution in [-0.2, 0) is 11.3 Å². The minimum absolute atomic E-state index is 0.0224. The van der Waals surface area contributed by atoms with Crippen molar-refractivity contribution in [3.05, 3.63) is 66.4 Å². The van der Waals surface area contributed by atoms with Gasteiger partial charge in [-0.3, -0.25) is 14.6 Å². The van der Waals surface area contributed by atoms with Gasteiger partial charge in [0.1, 0.15) is 11.3 Å². The highest BCUT2D eigenvalue weighted by atomic mass is 16.2. The lowest BCUT2D eigenvalue weighted by atomic mass is 9.94. The van der Waals surface area contributed by atoms with Crippen molar-refractivity contribution in [2.24, 2.45) is 5.92 Å². The number of nitrogens with zero attached hydrogens (tertiary/aromatic N) is 5. The Bertz CT molecular complexity index is 998. The van der Waals surface area contributed by atoms with E-state index in [1.165, 1.54) is 0 Å². The van der Waals surface area contributed by atoms with E-state index in [1.807, 2.05) is 51.9 Å². The van der Waals surface area contributed by atoms with Crippen LogP contribution in [0.3, 0.4) is 0 Å². The van der Waals surface area contributed by atoms with E-state index in [4.69, 9.17) is 0 Å². The Morgan fingerprint density at radius 3 is 2.82 bits per heavy atom. The lowest BCUT2D eigenvalue weighted by Crippen LogP contribution is -2.47. The first kappa shape index (κ1) is 16.9. The molecule has 2 atom stereocenters. The van der Waals surface area contributed by atoms with Crippen molar-refractivity contribution >= 4 is 17.5 Å². The van der Waals surface area contributed by atoms with Crippen LogP contribution in [0, 0.1) is 5.92 Å². The quantitative estimate of drug-likeness (QED) is 0.702. The smallest absolute Gasteiger partial charge is 0.274 e. The first-order chi connectivity index (χ1) is 13.7. The van der Waals surface area contributed by atoms with Gasteiger partial charge in [-0.2, -0.15) is 0 Å². The summed E-state index contributed by atoms with van der Waals surface area (Å²) >= 11 is 0. The van der Waals surface area contributed by atoms with Gasteiger partial charge in [0.2, 0.25) is 5.91 Å². The van der Waals surface area contributed by atoms with Gasteiger partial charge in [0.15, 0.2) is 0 Å². The molecule has 0 spiro atoms. The van der Waals surface area contributed by atoms with Crippen LogP contribution in [0.5, 0.6) is 0 Å². The van der Waals surface area contributed by atoms with Gasteiger partial charge in [-0.15, -0.1) is 0 Å². The van der Waals surface area contributed by atoms with Gasteiger partial charge in [-0.05, 0) is 37.1 Å². The van der Waals surface area contributed by atoms with Crippen molar-refractivity contribution in [2.75, 3.05) is 13.1 Å². The van der Waals surface area contributed by atoms with Crippen molar-refractivity contribution in [1.82, 2.24) is 24.2 Å². The summed E-state index contributed by atoms with van der Waals surface area (Å²) in [5.74, 6) is -0.122. The molecule has 2 amide bonds. The summed E-state index contributed by atoms with van der Waals surface area (Å²) in [6, 6.07) is 11.4. The van der Waals surface area contributed by atoms with Crippen LogP contribution >= 0.6 is 0 Å². The first-order valence-electron chi connectivity index (χ1n) is 9.62. The van der Waals surface area contributed by atoms with Gasteiger partial charge >= 0.3 is 0 Å².